The Balaban J connectivity index is 1.56. The Hall–Kier alpha value is -0.280. The van der Waals surface area contributed by atoms with E-state index in [9.17, 15) is 0 Å². The fourth-order valence-corrected chi connectivity index (χ4v) is 5.18. The third kappa shape index (κ3) is 7.73. The second-order valence-electron chi connectivity index (χ2n) is 9.78. The monoisotopic (exact) mass is 412 g/mol. The molecule has 3 saturated heterocycles. The highest BCUT2D eigenvalue weighted by Crippen LogP contribution is 2.21. The second kappa shape index (κ2) is 10.8. The van der Waals surface area contributed by atoms with Gasteiger partial charge in [-0.3, -0.25) is 14.7 Å². The van der Waals surface area contributed by atoms with Crippen molar-refractivity contribution in [3.8, 4) is 0 Å². The van der Waals surface area contributed by atoms with Crippen molar-refractivity contribution in [3.63, 3.8) is 0 Å². The Morgan fingerprint density at radius 2 is 1.14 bits per heavy atom. The Morgan fingerprint density at radius 3 is 1.55 bits per heavy atom. The first kappa shape index (κ1) is 23.4. The van der Waals surface area contributed by atoms with E-state index < -0.39 is 0 Å². The van der Waals surface area contributed by atoms with Crippen molar-refractivity contribution in [1.82, 2.24) is 14.7 Å². The maximum Gasteiger partial charge on any atom is 0.0678 e. The van der Waals surface area contributed by atoms with Crippen molar-refractivity contribution in [2.24, 2.45) is 5.73 Å². The standard InChI is InChI=1S/C22H44N4O3/c1-18-13-25(14-19(2)28-18)7-5-22(23,17-24-9-11-27-12-10-24)6-8-26-15-20(3)29-21(4)16-26/h18-21H,5-17,23H2,1-4H3. The summed E-state index contributed by atoms with van der Waals surface area (Å²) in [7, 11) is 0. The summed E-state index contributed by atoms with van der Waals surface area (Å²) in [5.41, 5.74) is 6.93. The predicted octanol–water partition coefficient (Wildman–Crippen LogP) is 1.01. The van der Waals surface area contributed by atoms with Gasteiger partial charge in [-0.05, 0) is 40.5 Å². The quantitative estimate of drug-likeness (QED) is 0.638. The van der Waals surface area contributed by atoms with Crippen LogP contribution in [0.15, 0.2) is 0 Å². The largest absolute Gasteiger partial charge is 0.379 e. The Kier molecular flexibility index (Phi) is 8.74. The zero-order chi connectivity index (χ0) is 20.9. The minimum Gasteiger partial charge on any atom is -0.379 e. The molecule has 4 unspecified atom stereocenters. The van der Waals surface area contributed by atoms with Crippen LogP contribution in [-0.2, 0) is 14.2 Å². The first-order chi connectivity index (χ1) is 13.8. The van der Waals surface area contributed by atoms with E-state index in [4.69, 9.17) is 19.9 Å². The lowest BCUT2D eigenvalue weighted by molar-refractivity contribution is -0.0730. The summed E-state index contributed by atoms with van der Waals surface area (Å²) in [6, 6.07) is 0. The van der Waals surface area contributed by atoms with Gasteiger partial charge in [0.15, 0.2) is 0 Å². The number of morpholine rings is 3. The van der Waals surface area contributed by atoms with Gasteiger partial charge in [-0.15, -0.1) is 0 Å². The molecule has 29 heavy (non-hydrogen) atoms. The molecule has 0 spiro atoms. The van der Waals surface area contributed by atoms with Crippen LogP contribution in [0.4, 0.5) is 0 Å². The van der Waals surface area contributed by atoms with Crippen molar-refractivity contribution < 1.29 is 14.2 Å². The molecular formula is C22H44N4O3. The van der Waals surface area contributed by atoms with Gasteiger partial charge in [-0.25, -0.2) is 0 Å². The molecule has 170 valence electrons. The van der Waals surface area contributed by atoms with E-state index in [-0.39, 0.29) is 5.54 Å². The Bertz CT molecular complexity index is 439. The second-order valence-corrected chi connectivity index (χ2v) is 9.78. The van der Waals surface area contributed by atoms with Gasteiger partial charge in [-0.2, -0.15) is 0 Å². The SMILES string of the molecule is CC1CN(CCC(N)(CCN2CC(C)OC(C)C2)CN2CCOCC2)CC(C)O1. The Labute approximate surface area is 177 Å². The van der Waals surface area contributed by atoms with Crippen molar-refractivity contribution in [2.75, 3.05) is 72.1 Å². The molecule has 0 amide bonds. The third-order valence-corrected chi connectivity index (χ3v) is 6.48. The molecule has 7 heteroatoms. The minimum absolute atomic E-state index is 0.174. The average Bonchev–Trinajstić information content (AvgIpc) is 2.64. The highest BCUT2D eigenvalue weighted by Gasteiger charge is 2.32. The number of ether oxygens (including phenoxy) is 3. The van der Waals surface area contributed by atoms with Crippen molar-refractivity contribution in [2.45, 2.75) is 70.5 Å². The molecule has 7 nitrogen and oxygen atoms in total. The molecule has 0 saturated carbocycles. The van der Waals surface area contributed by atoms with Crippen LogP contribution in [0, 0.1) is 0 Å². The molecule has 2 N–H and O–H groups in total. The minimum atomic E-state index is -0.174. The summed E-state index contributed by atoms with van der Waals surface area (Å²) in [6.45, 7) is 19.4. The summed E-state index contributed by atoms with van der Waals surface area (Å²) in [5, 5.41) is 0. The molecule has 3 aliphatic heterocycles. The highest BCUT2D eigenvalue weighted by molar-refractivity contribution is 4.91. The molecule has 3 heterocycles. The van der Waals surface area contributed by atoms with Crippen molar-refractivity contribution >= 4 is 0 Å². The molecule has 3 fully saturated rings. The fraction of sp³-hybridized carbons (Fsp3) is 1.00. The lowest BCUT2D eigenvalue weighted by atomic mass is 9.90. The molecular weight excluding hydrogens is 368 g/mol. The number of rotatable bonds is 8. The van der Waals surface area contributed by atoms with Crippen molar-refractivity contribution in [3.05, 3.63) is 0 Å². The number of hydrogen-bond donors (Lipinski definition) is 1. The van der Waals surface area contributed by atoms with E-state index in [1.165, 1.54) is 0 Å². The molecule has 3 aliphatic rings. The molecule has 0 aromatic heterocycles. The van der Waals surface area contributed by atoms with E-state index in [1.54, 1.807) is 0 Å². The van der Waals surface area contributed by atoms with Crippen LogP contribution >= 0.6 is 0 Å². The van der Waals surface area contributed by atoms with Gasteiger partial charge in [0.1, 0.15) is 0 Å². The first-order valence-corrected chi connectivity index (χ1v) is 11.7. The van der Waals surface area contributed by atoms with Gasteiger partial charge in [0, 0.05) is 64.4 Å². The summed E-state index contributed by atoms with van der Waals surface area (Å²) in [4.78, 5) is 7.58. The van der Waals surface area contributed by atoms with Gasteiger partial charge >= 0.3 is 0 Å². The zero-order valence-corrected chi connectivity index (χ0v) is 19.1. The third-order valence-electron chi connectivity index (χ3n) is 6.48. The topological polar surface area (TPSA) is 63.4 Å². The van der Waals surface area contributed by atoms with E-state index in [0.717, 1.165) is 85.0 Å². The van der Waals surface area contributed by atoms with Crippen LogP contribution in [0.3, 0.4) is 0 Å². The summed E-state index contributed by atoms with van der Waals surface area (Å²) < 4.78 is 17.4. The Morgan fingerprint density at radius 1 is 0.724 bits per heavy atom. The smallest absolute Gasteiger partial charge is 0.0678 e. The maximum absolute atomic E-state index is 7.10. The van der Waals surface area contributed by atoms with E-state index in [1.807, 2.05) is 0 Å². The van der Waals surface area contributed by atoms with Crippen LogP contribution in [0.2, 0.25) is 0 Å². The van der Waals surface area contributed by atoms with Crippen LogP contribution in [0.25, 0.3) is 0 Å². The summed E-state index contributed by atoms with van der Waals surface area (Å²) in [5.74, 6) is 0. The van der Waals surface area contributed by atoms with E-state index in [2.05, 4.69) is 42.4 Å². The number of hydrogen-bond acceptors (Lipinski definition) is 7. The number of nitrogens with two attached hydrogens (primary N) is 1. The molecule has 0 aliphatic carbocycles. The lowest BCUT2D eigenvalue weighted by Crippen LogP contribution is -2.57. The highest BCUT2D eigenvalue weighted by atomic mass is 16.5. The fourth-order valence-electron chi connectivity index (χ4n) is 5.18. The molecule has 0 bridgehead atoms. The summed E-state index contributed by atoms with van der Waals surface area (Å²) in [6.07, 6.45) is 3.28. The summed E-state index contributed by atoms with van der Waals surface area (Å²) >= 11 is 0. The van der Waals surface area contributed by atoms with Gasteiger partial charge in [-0.1, -0.05) is 0 Å². The first-order valence-electron chi connectivity index (χ1n) is 11.7. The number of nitrogens with zero attached hydrogens (tertiary/aromatic N) is 3. The molecule has 4 atom stereocenters. The molecule has 0 aromatic rings. The van der Waals surface area contributed by atoms with Gasteiger partial charge in [0.25, 0.3) is 0 Å². The zero-order valence-electron chi connectivity index (χ0n) is 19.1. The van der Waals surface area contributed by atoms with Crippen LogP contribution in [0.5, 0.6) is 0 Å². The maximum atomic E-state index is 7.10. The average molecular weight is 413 g/mol. The predicted molar refractivity (Wildman–Crippen MR) is 116 cm³/mol. The normalized spacial score (nSPS) is 35.5. The molecule has 0 aromatic carbocycles. The lowest BCUT2D eigenvalue weighted by Gasteiger charge is -2.42. The van der Waals surface area contributed by atoms with Gasteiger partial charge in [0.05, 0.1) is 37.6 Å². The van der Waals surface area contributed by atoms with E-state index >= 15 is 0 Å². The van der Waals surface area contributed by atoms with Crippen molar-refractivity contribution in [1.29, 1.82) is 0 Å². The van der Waals surface area contributed by atoms with Gasteiger partial charge in [0.2, 0.25) is 0 Å². The van der Waals surface area contributed by atoms with Crippen LogP contribution in [-0.4, -0.2) is 117 Å². The van der Waals surface area contributed by atoms with Crippen LogP contribution in [0.1, 0.15) is 40.5 Å². The molecule has 0 radical (unpaired) electrons. The van der Waals surface area contributed by atoms with Crippen LogP contribution < -0.4 is 5.73 Å². The van der Waals surface area contributed by atoms with E-state index in [0.29, 0.717) is 24.4 Å². The molecule has 3 rings (SSSR count). The van der Waals surface area contributed by atoms with Gasteiger partial charge < -0.3 is 19.9 Å².